The van der Waals surface area contributed by atoms with Gasteiger partial charge in [0.2, 0.25) is 0 Å². The molecule has 0 fully saturated rings. The summed E-state index contributed by atoms with van der Waals surface area (Å²) in [6.07, 6.45) is 3.58. The highest BCUT2D eigenvalue weighted by atomic mass is 16.5. The van der Waals surface area contributed by atoms with Crippen molar-refractivity contribution in [3.63, 3.8) is 0 Å². The van der Waals surface area contributed by atoms with Crippen LogP contribution in [0.5, 0.6) is 11.5 Å². The molecule has 3 aromatic rings. The fraction of sp³-hybridized carbons (Fsp3) is 0.120. The zero-order valence-electron chi connectivity index (χ0n) is 16.8. The molecule has 0 bridgehead atoms. The van der Waals surface area contributed by atoms with E-state index < -0.39 is 0 Å². The number of hydrazone groups is 1. The van der Waals surface area contributed by atoms with Crippen LogP contribution < -0.4 is 14.9 Å². The third-order valence-corrected chi connectivity index (χ3v) is 4.09. The van der Waals surface area contributed by atoms with Gasteiger partial charge in [0.1, 0.15) is 18.1 Å². The topological polar surface area (TPSA) is 59.9 Å². The Morgan fingerprint density at radius 1 is 0.867 bits per heavy atom. The number of ether oxygens (including phenoxy) is 2. The normalized spacial score (nSPS) is 11.3. The predicted molar refractivity (Wildman–Crippen MR) is 119 cm³/mol. The first-order chi connectivity index (χ1) is 14.7. The summed E-state index contributed by atoms with van der Waals surface area (Å²) in [4.78, 5) is 11.9. The monoisotopic (exact) mass is 400 g/mol. The number of benzene rings is 3. The number of rotatable bonds is 9. The molecule has 0 aliphatic rings. The zero-order valence-corrected chi connectivity index (χ0v) is 16.8. The van der Waals surface area contributed by atoms with Gasteiger partial charge in [0.05, 0.1) is 6.21 Å². The second-order valence-electron chi connectivity index (χ2n) is 6.63. The molecule has 152 valence electrons. The summed E-state index contributed by atoms with van der Waals surface area (Å²) in [5.41, 5.74) is 5.56. The minimum atomic E-state index is -0.330. The molecule has 1 N–H and O–H groups in total. The van der Waals surface area contributed by atoms with Gasteiger partial charge in [-0.25, -0.2) is 5.43 Å². The second-order valence-corrected chi connectivity index (χ2v) is 6.63. The molecule has 5 nitrogen and oxygen atoms in total. The zero-order chi connectivity index (χ0) is 21.0. The number of nitrogens with one attached hydrogen (secondary N) is 1. The number of carbonyl (C=O) groups is 1. The van der Waals surface area contributed by atoms with E-state index in [4.69, 9.17) is 9.47 Å². The Morgan fingerprint density at radius 3 is 2.13 bits per heavy atom. The van der Waals surface area contributed by atoms with Crippen LogP contribution in [0.3, 0.4) is 0 Å². The molecule has 0 saturated heterocycles. The molecule has 0 saturated carbocycles. The number of amides is 1. The van der Waals surface area contributed by atoms with E-state index in [9.17, 15) is 4.79 Å². The standard InChI is InChI=1S/C25H24N2O3/c1-20(16-21-8-4-2-5-9-21)17-26-27-25(28)19-30-24-14-12-23(13-15-24)29-18-22-10-6-3-7-11-22/h2-17H,18-19H2,1H3,(H,27,28)/b20-16-,26-17-. The van der Waals surface area contributed by atoms with Gasteiger partial charge in [-0.1, -0.05) is 66.7 Å². The summed E-state index contributed by atoms with van der Waals surface area (Å²) in [6.45, 7) is 2.29. The van der Waals surface area contributed by atoms with Crippen molar-refractivity contribution in [3.05, 3.63) is 102 Å². The largest absolute Gasteiger partial charge is 0.489 e. The summed E-state index contributed by atoms with van der Waals surface area (Å²) in [7, 11) is 0. The third-order valence-electron chi connectivity index (χ3n) is 4.09. The highest BCUT2D eigenvalue weighted by molar-refractivity contribution is 5.86. The Hall–Kier alpha value is -3.86. The summed E-state index contributed by atoms with van der Waals surface area (Å²) >= 11 is 0. The van der Waals surface area contributed by atoms with Crippen LogP contribution in [0.2, 0.25) is 0 Å². The smallest absolute Gasteiger partial charge is 0.277 e. The van der Waals surface area contributed by atoms with Gasteiger partial charge in [0.15, 0.2) is 6.61 Å². The van der Waals surface area contributed by atoms with Crippen LogP contribution in [0.15, 0.2) is 95.6 Å². The third kappa shape index (κ3) is 7.28. The van der Waals surface area contributed by atoms with Gasteiger partial charge in [-0.2, -0.15) is 5.10 Å². The molecule has 30 heavy (non-hydrogen) atoms. The number of nitrogens with zero attached hydrogens (tertiary/aromatic N) is 1. The maximum absolute atomic E-state index is 11.9. The van der Waals surface area contributed by atoms with Gasteiger partial charge >= 0.3 is 0 Å². The SMILES string of the molecule is CC(/C=N\NC(=O)COc1ccc(OCc2ccccc2)cc1)=C/c1ccccc1. The fourth-order valence-corrected chi connectivity index (χ4v) is 2.61. The molecular weight excluding hydrogens is 376 g/mol. The number of allylic oxidation sites excluding steroid dienone is 1. The minimum Gasteiger partial charge on any atom is -0.489 e. The van der Waals surface area contributed by atoms with Crippen LogP contribution in [0, 0.1) is 0 Å². The molecule has 0 aliphatic carbocycles. The molecule has 0 aromatic heterocycles. The number of hydrogen-bond donors (Lipinski definition) is 1. The highest BCUT2D eigenvalue weighted by Crippen LogP contribution is 2.18. The summed E-state index contributed by atoms with van der Waals surface area (Å²) in [5, 5.41) is 3.95. The van der Waals surface area contributed by atoms with Crippen LogP contribution >= 0.6 is 0 Å². The van der Waals surface area contributed by atoms with E-state index in [2.05, 4.69) is 10.5 Å². The highest BCUT2D eigenvalue weighted by Gasteiger charge is 2.02. The number of carbonyl (C=O) groups excluding carboxylic acids is 1. The van der Waals surface area contributed by atoms with Gasteiger partial charge < -0.3 is 9.47 Å². The first kappa shape index (κ1) is 20.9. The molecule has 0 heterocycles. The van der Waals surface area contributed by atoms with Crippen LogP contribution in [0.4, 0.5) is 0 Å². The van der Waals surface area contributed by atoms with Crippen molar-refractivity contribution in [2.45, 2.75) is 13.5 Å². The lowest BCUT2D eigenvalue weighted by molar-refractivity contribution is -0.123. The maximum atomic E-state index is 11.9. The van der Waals surface area contributed by atoms with Crippen molar-refractivity contribution < 1.29 is 14.3 Å². The molecule has 0 radical (unpaired) electrons. The van der Waals surface area contributed by atoms with Crippen LogP contribution in [-0.2, 0) is 11.4 Å². The Bertz CT molecular complexity index is 982. The average Bonchev–Trinajstić information content (AvgIpc) is 2.78. The lowest BCUT2D eigenvalue weighted by atomic mass is 10.1. The average molecular weight is 400 g/mol. The summed E-state index contributed by atoms with van der Waals surface area (Å²) in [6, 6.07) is 27.0. The molecular formula is C25H24N2O3. The van der Waals surface area contributed by atoms with Crippen molar-refractivity contribution in [1.82, 2.24) is 5.43 Å². The Morgan fingerprint density at radius 2 is 1.47 bits per heavy atom. The summed E-state index contributed by atoms with van der Waals surface area (Å²) < 4.78 is 11.2. The van der Waals surface area contributed by atoms with Crippen molar-refractivity contribution >= 4 is 18.2 Å². The van der Waals surface area contributed by atoms with E-state index >= 15 is 0 Å². The van der Waals surface area contributed by atoms with E-state index in [-0.39, 0.29) is 12.5 Å². The van der Waals surface area contributed by atoms with Crippen molar-refractivity contribution in [3.8, 4) is 11.5 Å². The van der Waals surface area contributed by atoms with Gasteiger partial charge in [-0.05, 0) is 47.9 Å². The molecule has 1 amide bonds. The van der Waals surface area contributed by atoms with Gasteiger partial charge in [0, 0.05) is 0 Å². The minimum absolute atomic E-state index is 0.122. The van der Waals surface area contributed by atoms with Crippen LogP contribution in [0.25, 0.3) is 6.08 Å². The van der Waals surface area contributed by atoms with Crippen LogP contribution in [-0.4, -0.2) is 18.7 Å². The molecule has 0 aliphatic heterocycles. The molecule has 3 aromatic carbocycles. The lowest BCUT2D eigenvalue weighted by Crippen LogP contribution is -2.24. The first-order valence-corrected chi connectivity index (χ1v) is 9.64. The lowest BCUT2D eigenvalue weighted by Gasteiger charge is -2.08. The molecule has 0 atom stereocenters. The van der Waals surface area contributed by atoms with E-state index in [1.54, 1.807) is 18.3 Å². The predicted octanol–water partition coefficient (Wildman–Crippen LogP) is 4.85. The molecule has 3 rings (SSSR count). The summed E-state index contributed by atoms with van der Waals surface area (Å²) in [5.74, 6) is 0.991. The van der Waals surface area contributed by atoms with E-state index in [1.807, 2.05) is 85.8 Å². The Labute approximate surface area is 176 Å². The molecule has 0 spiro atoms. The molecule has 0 unspecified atom stereocenters. The quantitative estimate of drug-likeness (QED) is 0.413. The van der Waals surface area contributed by atoms with Gasteiger partial charge in [-0.3, -0.25) is 4.79 Å². The van der Waals surface area contributed by atoms with Gasteiger partial charge in [0.25, 0.3) is 5.91 Å². The second kappa shape index (κ2) is 11.2. The van der Waals surface area contributed by atoms with Crippen molar-refractivity contribution in [1.29, 1.82) is 0 Å². The van der Waals surface area contributed by atoms with Crippen LogP contribution in [0.1, 0.15) is 18.1 Å². The Kier molecular flexibility index (Phi) is 7.80. The van der Waals surface area contributed by atoms with Crippen molar-refractivity contribution in [2.75, 3.05) is 6.61 Å². The molecule has 5 heteroatoms. The van der Waals surface area contributed by atoms with E-state index in [0.29, 0.717) is 12.4 Å². The van der Waals surface area contributed by atoms with E-state index in [1.165, 1.54) is 0 Å². The van der Waals surface area contributed by atoms with Crippen molar-refractivity contribution in [2.24, 2.45) is 5.10 Å². The number of hydrogen-bond acceptors (Lipinski definition) is 4. The fourth-order valence-electron chi connectivity index (χ4n) is 2.61. The maximum Gasteiger partial charge on any atom is 0.277 e. The van der Waals surface area contributed by atoms with Gasteiger partial charge in [-0.15, -0.1) is 0 Å². The van der Waals surface area contributed by atoms with E-state index in [0.717, 1.165) is 22.4 Å². The Balaban J connectivity index is 1.39. The first-order valence-electron chi connectivity index (χ1n) is 9.64.